The van der Waals surface area contributed by atoms with Gasteiger partial charge in [0.05, 0.1) is 25.6 Å². The summed E-state index contributed by atoms with van der Waals surface area (Å²) in [6.45, 7) is 9.79. The van der Waals surface area contributed by atoms with E-state index in [0.29, 0.717) is 25.9 Å². The Morgan fingerprint density at radius 1 is 0.740 bits per heavy atom. The van der Waals surface area contributed by atoms with E-state index in [1.54, 1.807) is 20.8 Å². The molecule has 0 aliphatic carbocycles. The summed E-state index contributed by atoms with van der Waals surface area (Å²) in [5.41, 5.74) is 0.819. The molecule has 1 aliphatic rings. The van der Waals surface area contributed by atoms with Crippen molar-refractivity contribution >= 4 is 41.5 Å². The standard InChI is InChI=1S/C35H53N5O10/c1-6-24(7-2)31(44)39-30(22(5)50-20-23-13-9-8-10-14-23)34(47)37-25(18-28(41)40-15-11-12-16-40)32(45)36-26(19-29(42)43)33(46)38-27(35(48)49)17-21(3)4/h8-10,13-14,21-22,24-27,30H,6-7,11-12,15-20H2,1-5H3,(H,36,45)(H,37,47)(H,38,46)(H,39,44)(H,42,43)(H,48,49). The summed E-state index contributed by atoms with van der Waals surface area (Å²) < 4.78 is 5.97. The second-order valence-corrected chi connectivity index (χ2v) is 13.0. The molecule has 1 heterocycles. The number of rotatable bonds is 21. The van der Waals surface area contributed by atoms with Gasteiger partial charge >= 0.3 is 11.9 Å². The highest BCUT2D eigenvalue weighted by atomic mass is 16.5. The zero-order valence-corrected chi connectivity index (χ0v) is 29.6. The van der Waals surface area contributed by atoms with Gasteiger partial charge in [-0.15, -0.1) is 0 Å². The third-order valence-electron chi connectivity index (χ3n) is 8.57. The number of carbonyl (C=O) groups is 7. The smallest absolute Gasteiger partial charge is 0.326 e. The van der Waals surface area contributed by atoms with Crippen LogP contribution in [0.3, 0.4) is 0 Å². The predicted molar refractivity (Wildman–Crippen MR) is 182 cm³/mol. The molecular weight excluding hydrogens is 650 g/mol. The molecule has 0 saturated carbocycles. The lowest BCUT2D eigenvalue weighted by atomic mass is 10.0. The van der Waals surface area contributed by atoms with Crippen LogP contribution in [-0.2, 0) is 44.9 Å². The van der Waals surface area contributed by atoms with Crippen LogP contribution in [0.15, 0.2) is 30.3 Å². The Labute approximate surface area is 293 Å². The molecule has 6 N–H and O–H groups in total. The number of nitrogens with zero attached hydrogens (tertiary/aromatic N) is 1. The third kappa shape index (κ3) is 13.8. The van der Waals surface area contributed by atoms with E-state index in [-0.39, 0.29) is 18.9 Å². The van der Waals surface area contributed by atoms with Crippen molar-refractivity contribution in [1.29, 1.82) is 0 Å². The normalized spacial score (nSPS) is 15.8. The quantitative estimate of drug-likeness (QED) is 0.109. The number of amides is 5. The van der Waals surface area contributed by atoms with Gasteiger partial charge in [0.2, 0.25) is 29.5 Å². The van der Waals surface area contributed by atoms with E-state index in [9.17, 15) is 43.8 Å². The molecule has 5 unspecified atom stereocenters. The zero-order chi connectivity index (χ0) is 37.4. The number of benzene rings is 1. The zero-order valence-electron chi connectivity index (χ0n) is 29.6. The average Bonchev–Trinajstić information content (AvgIpc) is 3.61. The van der Waals surface area contributed by atoms with E-state index in [1.165, 1.54) is 4.90 Å². The Hall–Kier alpha value is -4.53. The minimum atomic E-state index is -1.73. The minimum absolute atomic E-state index is 0.0480. The van der Waals surface area contributed by atoms with E-state index in [4.69, 9.17) is 4.74 Å². The van der Waals surface area contributed by atoms with Crippen LogP contribution in [-0.4, -0.2) is 99.9 Å². The molecule has 5 amide bonds. The fourth-order valence-corrected chi connectivity index (χ4v) is 5.59. The maximum Gasteiger partial charge on any atom is 0.326 e. The van der Waals surface area contributed by atoms with Crippen LogP contribution in [0.1, 0.15) is 85.1 Å². The van der Waals surface area contributed by atoms with E-state index >= 15 is 0 Å². The molecule has 5 atom stereocenters. The molecule has 1 aromatic carbocycles. The molecule has 0 aromatic heterocycles. The van der Waals surface area contributed by atoms with Crippen molar-refractivity contribution < 1.29 is 48.5 Å². The van der Waals surface area contributed by atoms with Crippen molar-refractivity contribution in [3.63, 3.8) is 0 Å². The lowest BCUT2D eigenvalue weighted by molar-refractivity contribution is -0.144. The summed E-state index contributed by atoms with van der Waals surface area (Å²) >= 11 is 0. The van der Waals surface area contributed by atoms with Crippen LogP contribution in [0.2, 0.25) is 0 Å². The van der Waals surface area contributed by atoms with Gasteiger partial charge in [-0.2, -0.15) is 0 Å². The van der Waals surface area contributed by atoms with E-state index in [2.05, 4.69) is 21.3 Å². The summed E-state index contributed by atoms with van der Waals surface area (Å²) in [6, 6.07) is 3.21. The van der Waals surface area contributed by atoms with Crippen molar-refractivity contribution in [3.05, 3.63) is 35.9 Å². The fourth-order valence-electron chi connectivity index (χ4n) is 5.59. The number of nitrogens with one attached hydrogen (secondary N) is 4. The van der Waals surface area contributed by atoms with Gasteiger partial charge in [0.15, 0.2) is 0 Å². The summed E-state index contributed by atoms with van der Waals surface area (Å²) in [5.74, 6) is -7.08. The van der Waals surface area contributed by atoms with Crippen LogP contribution in [0.5, 0.6) is 0 Å². The topological polar surface area (TPSA) is 221 Å². The minimum Gasteiger partial charge on any atom is -0.481 e. The number of aliphatic carboxylic acids is 2. The van der Waals surface area contributed by atoms with Crippen LogP contribution < -0.4 is 21.3 Å². The van der Waals surface area contributed by atoms with Gasteiger partial charge < -0.3 is 41.1 Å². The highest BCUT2D eigenvalue weighted by molar-refractivity contribution is 5.98. The molecule has 15 heteroatoms. The number of carboxylic acids is 2. The molecule has 1 saturated heterocycles. The predicted octanol–water partition coefficient (Wildman–Crippen LogP) is 1.59. The van der Waals surface area contributed by atoms with Crippen LogP contribution in [0.4, 0.5) is 0 Å². The van der Waals surface area contributed by atoms with Gasteiger partial charge in [-0.3, -0.25) is 28.8 Å². The van der Waals surface area contributed by atoms with E-state index < -0.39 is 90.5 Å². The first-order chi connectivity index (χ1) is 23.7. The summed E-state index contributed by atoms with van der Waals surface area (Å²) in [4.78, 5) is 92.2. The Morgan fingerprint density at radius 2 is 1.28 bits per heavy atom. The molecule has 1 aromatic rings. The molecule has 0 bridgehead atoms. The van der Waals surface area contributed by atoms with Crippen LogP contribution in [0, 0.1) is 11.8 Å². The molecule has 15 nitrogen and oxygen atoms in total. The monoisotopic (exact) mass is 703 g/mol. The maximum absolute atomic E-state index is 13.9. The lowest BCUT2D eigenvalue weighted by Crippen LogP contribution is -2.60. The van der Waals surface area contributed by atoms with E-state index in [0.717, 1.165) is 18.4 Å². The van der Waals surface area contributed by atoms with Crippen LogP contribution in [0.25, 0.3) is 0 Å². The summed E-state index contributed by atoms with van der Waals surface area (Å²) in [6.07, 6.45) is 0.282. The van der Waals surface area contributed by atoms with Crippen LogP contribution >= 0.6 is 0 Å². The Kier molecular flexibility index (Phi) is 17.4. The third-order valence-corrected chi connectivity index (χ3v) is 8.57. The molecule has 2 rings (SSSR count). The number of carbonyl (C=O) groups excluding carboxylic acids is 5. The molecule has 1 aliphatic heterocycles. The fraction of sp³-hybridized carbons (Fsp3) is 0.629. The van der Waals surface area contributed by atoms with Crippen molar-refractivity contribution in [2.75, 3.05) is 13.1 Å². The van der Waals surface area contributed by atoms with Crippen molar-refractivity contribution in [3.8, 4) is 0 Å². The lowest BCUT2D eigenvalue weighted by Gasteiger charge is -2.29. The molecule has 0 spiro atoms. The Morgan fingerprint density at radius 3 is 1.80 bits per heavy atom. The number of hydrogen-bond donors (Lipinski definition) is 6. The second kappa shape index (κ2) is 20.9. The summed E-state index contributed by atoms with van der Waals surface area (Å²) in [7, 11) is 0. The SMILES string of the molecule is CCC(CC)C(=O)NC(C(=O)NC(CC(=O)N1CCCC1)C(=O)NC(CC(=O)O)C(=O)NC(CC(C)C)C(=O)O)C(C)OCc1ccccc1. The molecule has 1 fully saturated rings. The van der Waals surface area contributed by atoms with Crippen molar-refractivity contribution in [1.82, 2.24) is 26.2 Å². The molecular formula is C35H53N5O10. The average molecular weight is 704 g/mol. The highest BCUT2D eigenvalue weighted by Crippen LogP contribution is 2.14. The molecule has 50 heavy (non-hydrogen) atoms. The molecule has 278 valence electrons. The Balaban J connectivity index is 2.38. The second-order valence-electron chi connectivity index (χ2n) is 13.0. The van der Waals surface area contributed by atoms with Crippen molar-refractivity contribution in [2.24, 2.45) is 11.8 Å². The number of ether oxygens (including phenoxy) is 1. The van der Waals surface area contributed by atoms with Gasteiger partial charge in [0.1, 0.15) is 24.2 Å². The van der Waals surface area contributed by atoms with E-state index in [1.807, 2.05) is 44.2 Å². The largest absolute Gasteiger partial charge is 0.481 e. The summed E-state index contributed by atoms with van der Waals surface area (Å²) in [5, 5.41) is 29.0. The van der Waals surface area contributed by atoms with Gasteiger partial charge in [-0.25, -0.2) is 4.79 Å². The molecule has 0 radical (unpaired) electrons. The van der Waals surface area contributed by atoms with Crippen molar-refractivity contribution in [2.45, 2.75) is 116 Å². The van der Waals surface area contributed by atoms with Gasteiger partial charge in [0, 0.05) is 19.0 Å². The van der Waals surface area contributed by atoms with Gasteiger partial charge in [-0.1, -0.05) is 58.0 Å². The first-order valence-electron chi connectivity index (χ1n) is 17.3. The number of hydrogen-bond acceptors (Lipinski definition) is 8. The Bertz CT molecular complexity index is 1310. The maximum atomic E-state index is 13.9. The number of likely N-dealkylation sites (tertiary alicyclic amines) is 1. The number of carboxylic acid groups (broad SMARTS) is 2. The van der Waals surface area contributed by atoms with Gasteiger partial charge in [-0.05, 0) is 50.5 Å². The first-order valence-corrected chi connectivity index (χ1v) is 17.3. The first kappa shape index (κ1) is 41.6. The highest BCUT2D eigenvalue weighted by Gasteiger charge is 2.36. The van der Waals surface area contributed by atoms with Gasteiger partial charge in [0.25, 0.3) is 0 Å².